The summed E-state index contributed by atoms with van der Waals surface area (Å²) in [6, 6.07) is 2.98. The minimum atomic E-state index is -3.46. The highest BCUT2D eigenvalue weighted by atomic mass is 32.2. The number of hydrazine groups is 1. The van der Waals surface area contributed by atoms with E-state index in [0.717, 1.165) is 25.7 Å². The Morgan fingerprint density at radius 2 is 1.95 bits per heavy atom. The molecular weight excluding hydrogens is 288 g/mol. The number of nitrogens with one attached hydrogen (secondary N) is 1. The Hall–Kier alpha value is -1.18. The van der Waals surface area contributed by atoms with Gasteiger partial charge in [0.05, 0.1) is 4.90 Å². The van der Waals surface area contributed by atoms with Crippen LogP contribution in [-0.4, -0.2) is 30.8 Å². The van der Waals surface area contributed by atoms with Crippen LogP contribution in [-0.2, 0) is 10.0 Å². The maximum absolute atomic E-state index is 12.7. The lowest BCUT2D eigenvalue weighted by Gasteiger charge is -2.40. The number of pyridine rings is 1. The summed E-state index contributed by atoms with van der Waals surface area (Å²) in [6.07, 6.45) is 5.51. The van der Waals surface area contributed by atoms with Crippen molar-refractivity contribution in [3.05, 3.63) is 18.3 Å². The largest absolute Gasteiger partial charge is 0.308 e. The molecule has 0 amide bonds. The van der Waals surface area contributed by atoms with Crippen molar-refractivity contribution in [1.29, 1.82) is 0 Å². The minimum absolute atomic E-state index is 0.242. The number of hydrogen-bond donors (Lipinski definition) is 2. The molecule has 0 atom stereocenters. The summed E-state index contributed by atoms with van der Waals surface area (Å²) in [5.41, 5.74) is 2.68. The Kier molecular flexibility index (Phi) is 4.85. The molecular formula is C14H24N4O2S. The molecule has 1 fully saturated rings. The van der Waals surface area contributed by atoms with Gasteiger partial charge in [0.15, 0.2) is 0 Å². The monoisotopic (exact) mass is 312 g/mol. The first kappa shape index (κ1) is 16.2. The molecule has 2 rings (SSSR count). The molecule has 6 nitrogen and oxygen atoms in total. The molecule has 0 spiro atoms. The summed E-state index contributed by atoms with van der Waals surface area (Å²) >= 11 is 0. The Bertz CT molecular complexity index is 574. The standard InChI is InChI=1S/C14H24N4O2S/c1-3-14(4-2)6-9-18(10-7-14)21(19,20)12-5-8-16-13(11-12)17-15/h5,8,11H,3-4,6-7,9-10,15H2,1-2H3,(H,16,17). The molecule has 1 aromatic heterocycles. The summed E-state index contributed by atoms with van der Waals surface area (Å²) in [6.45, 7) is 5.54. The van der Waals surface area contributed by atoms with E-state index in [0.29, 0.717) is 24.3 Å². The van der Waals surface area contributed by atoms with Gasteiger partial charge in [-0.1, -0.05) is 26.7 Å². The number of nitrogens with two attached hydrogens (primary N) is 1. The van der Waals surface area contributed by atoms with Crippen LogP contribution in [0.4, 0.5) is 5.82 Å². The maximum Gasteiger partial charge on any atom is 0.243 e. The first-order valence-electron chi connectivity index (χ1n) is 7.40. The Labute approximate surface area is 126 Å². The van der Waals surface area contributed by atoms with E-state index in [1.54, 1.807) is 4.31 Å². The Morgan fingerprint density at radius 3 is 2.48 bits per heavy atom. The van der Waals surface area contributed by atoms with E-state index in [1.807, 2.05) is 0 Å². The summed E-state index contributed by atoms with van der Waals surface area (Å²) in [5.74, 6) is 5.64. The molecule has 0 aromatic carbocycles. The fraction of sp³-hybridized carbons (Fsp3) is 0.643. The van der Waals surface area contributed by atoms with E-state index in [1.165, 1.54) is 18.3 Å². The van der Waals surface area contributed by atoms with Crippen molar-refractivity contribution in [1.82, 2.24) is 9.29 Å². The Morgan fingerprint density at radius 1 is 1.33 bits per heavy atom. The van der Waals surface area contributed by atoms with Crippen LogP contribution in [0.5, 0.6) is 0 Å². The average molecular weight is 312 g/mol. The average Bonchev–Trinajstić information content (AvgIpc) is 2.55. The van der Waals surface area contributed by atoms with Gasteiger partial charge in [-0.15, -0.1) is 0 Å². The van der Waals surface area contributed by atoms with Gasteiger partial charge in [-0.05, 0) is 24.3 Å². The number of piperidine rings is 1. The van der Waals surface area contributed by atoms with Crippen LogP contribution < -0.4 is 11.3 Å². The van der Waals surface area contributed by atoms with Crippen molar-refractivity contribution in [3.8, 4) is 0 Å². The van der Waals surface area contributed by atoms with Crippen molar-refractivity contribution < 1.29 is 8.42 Å². The van der Waals surface area contributed by atoms with Gasteiger partial charge in [0, 0.05) is 25.4 Å². The highest BCUT2D eigenvalue weighted by Gasteiger charge is 2.36. The van der Waals surface area contributed by atoms with Crippen LogP contribution in [0.25, 0.3) is 0 Å². The van der Waals surface area contributed by atoms with Crippen molar-refractivity contribution in [3.63, 3.8) is 0 Å². The van der Waals surface area contributed by atoms with Crippen molar-refractivity contribution >= 4 is 15.8 Å². The first-order valence-corrected chi connectivity index (χ1v) is 8.84. The highest BCUT2D eigenvalue weighted by molar-refractivity contribution is 7.89. The van der Waals surface area contributed by atoms with Crippen molar-refractivity contribution in [2.75, 3.05) is 18.5 Å². The SMILES string of the molecule is CCC1(CC)CCN(S(=O)(=O)c2ccnc(NN)c2)CC1. The number of sulfonamides is 1. The van der Waals surface area contributed by atoms with Crippen LogP contribution in [0.2, 0.25) is 0 Å². The molecule has 0 bridgehead atoms. The van der Waals surface area contributed by atoms with Gasteiger partial charge in [0.2, 0.25) is 10.0 Å². The molecule has 1 saturated heterocycles. The van der Waals surface area contributed by atoms with Gasteiger partial charge in [-0.25, -0.2) is 19.2 Å². The molecule has 118 valence electrons. The summed E-state index contributed by atoms with van der Waals surface area (Å²) < 4.78 is 26.9. The van der Waals surface area contributed by atoms with Crippen LogP contribution in [0.1, 0.15) is 39.5 Å². The maximum atomic E-state index is 12.7. The third kappa shape index (κ3) is 3.20. The zero-order chi connectivity index (χ0) is 15.5. The molecule has 1 aliphatic heterocycles. The molecule has 0 aliphatic carbocycles. The normalized spacial score (nSPS) is 19.4. The summed E-state index contributed by atoms with van der Waals surface area (Å²) in [7, 11) is -3.46. The zero-order valence-electron chi connectivity index (χ0n) is 12.7. The molecule has 3 N–H and O–H groups in total. The molecule has 0 radical (unpaired) electrons. The quantitative estimate of drug-likeness (QED) is 0.641. The van der Waals surface area contributed by atoms with Crippen molar-refractivity contribution in [2.24, 2.45) is 11.3 Å². The van der Waals surface area contributed by atoms with Gasteiger partial charge >= 0.3 is 0 Å². The van der Waals surface area contributed by atoms with E-state index in [9.17, 15) is 8.42 Å². The predicted octanol–water partition coefficient (Wildman–Crippen LogP) is 1.96. The van der Waals surface area contributed by atoms with Crippen LogP contribution in [0.15, 0.2) is 23.2 Å². The van der Waals surface area contributed by atoms with E-state index in [-0.39, 0.29) is 4.90 Å². The molecule has 7 heteroatoms. The van der Waals surface area contributed by atoms with Crippen LogP contribution in [0.3, 0.4) is 0 Å². The fourth-order valence-electron chi connectivity index (χ4n) is 2.96. The predicted molar refractivity (Wildman–Crippen MR) is 83.1 cm³/mol. The third-order valence-electron chi connectivity index (χ3n) is 4.80. The number of aromatic nitrogens is 1. The molecule has 21 heavy (non-hydrogen) atoms. The van der Waals surface area contributed by atoms with Gasteiger partial charge in [-0.3, -0.25) is 0 Å². The second kappa shape index (κ2) is 6.29. The molecule has 2 heterocycles. The molecule has 0 saturated carbocycles. The summed E-state index contributed by atoms with van der Waals surface area (Å²) in [4.78, 5) is 4.19. The first-order chi connectivity index (χ1) is 9.97. The van der Waals surface area contributed by atoms with Crippen molar-refractivity contribution in [2.45, 2.75) is 44.4 Å². The minimum Gasteiger partial charge on any atom is -0.308 e. The number of hydrogen-bond acceptors (Lipinski definition) is 5. The van der Waals surface area contributed by atoms with Crippen LogP contribution >= 0.6 is 0 Å². The van der Waals surface area contributed by atoms with Gasteiger partial charge in [-0.2, -0.15) is 4.31 Å². The number of rotatable bonds is 5. The van der Waals surface area contributed by atoms with Gasteiger partial charge < -0.3 is 5.43 Å². The fourth-order valence-corrected chi connectivity index (χ4v) is 4.41. The lowest BCUT2D eigenvalue weighted by molar-refractivity contribution is 0.141. The number of nitrogens with zero attached hydrogens (tertiary/aromatic N) is 2. The van der Waals surface area contributed by atoms with Gasteiger partial charge in [0.25, 0.3) is 0 Å². The smallest absolute Gasteiger partial charge is 0.243 e. The third-order valence-corrected chi connectivity index (χ3v) is 6.69. The second-order valence-corrected chi connectivity index (χ2v) is 7.57. The number of nitrogen functional groups attached to an aromatic ring is 1. The molecule has 1 aliphatic rings. The van der Waals surface area contributed by atoms with Gasteiger partial charge in [0.1, 0.15) is 5.82 Å². The lowest BCUT2D eigenvalue weighted by atomic mass is 9.75. The Balaban J connectivity index is 2.18. The molecule has 1 aromatic rings. The lowest BCUT2D eigenvalue weighted by Crippen LogP contribution is -2.42. The molecule has 0 unspecified atom stereocenters. The number of anilines is 1. The van der Waals surface area contributed by atoms with E-state index in [4.69, 9.17) is 5.84 Å². The zero-order valence-corrected chi connectivity index (χ0v) is 13.5. The second-order valence-electron chi connectivity index (χ2n) is 5.63. The highest BCUT2D eigenvalue weighted by Crippen LogP contribution is 2.39. The topological polar surface area (TPSA) is 88.3 Å². The summed E-state index contributed by atoms with van der Waals surface area (Å²) in [5, 5.41) is 0. The van der Waals surface area contributed by atoms with E-state index >= 15 is 0 Å². The van der Waals surface area contributed by atoms with Crippen LogP contribution in [0, 0.1) is 5.41 Å². The van der Waals surface area contributed by atoms with E-state index in [2.05, 4.69) is 24.3 Å². The van der Waals surface area contributed by atoms with E-state index < -0.39 is 10.0 Å².